The molecule has 0 amide bonds. The predicted octanol–water partition coefficient (Wildman–Crippen LogP) is 3.14. The summed E-state index contributed by atoms with van der Waals surface area (Å²) in [6.07, 6.45) is 0. The van der Waals surface area contributed by atoms with Crippen molar-refractivity contribution in [1.29, 1.82) is 0 Å². The van der Waals surface area contributed by atoms with E-state index in [-0.39, 0.29) is 11.5 Å². The van der Waals surface area contributed by atoms with Gasteiger partial charge in [0.1, 0.15) is 5.75 Å². The number of hydrogen-bond donors (Lipinski definition) is 1. The average Bonchev–Trinajstić information content (AvgIpc) is 2.32. The third-order valence-electron chi connectivity index (χ3n) is 2.63. The molecule has 6 heteroatoms. The maximum Gasteiger partial charge on any atom is 0.305 e. The number of rotatable bonds is 6. The predicted molar refractivity (Wildman–Crippen MR) is 75.5 cm³/mol. The van der Waals surface area contributed by atoms with Gasteiger partial charge in [0, 0.05) is 30.1 Å². The molecule has 0 aromatic heterocycles. The summed E-state index contributed by atoms with van der Waals surface area (Å²) in [5, 5.41) is 13.8. The lowest BCUT2D eigenvalue weighted by atomic mass is 10.1. The number of benzene rings is 1. The molecule has 0 aliphatic rings. The molecule has 1 aromatic rings. The minimum atomic E-state index is -0.882. The minimum Gasteiger partial charge on any atom is -0.493 e. The topological polar surface area (TPSA) is 64.4 Å². The molecule has 112 valence electrons. The first-order chi connectivity index (χ1) is 9.19. The zero-order chi connectivity index (χ0) is 15.3. The lowest BCUT2D eigenvalue weighted by Gasteiger charge is -2.23. The second-order valence-electron chi connectivity index (χ2n) is 5.92. The summed E-state index contributed by atoms with van der Waals surface area (Å²) in [5.74, 6) is -0.337. The largest absolute Gasteiger partial charge is 0.493 e. The van der Waals surface area contributed by atoms with Crippen LogP contribution in [-0.4, -0.2) is 23.6 Å². The standard InChI is InChI=1S/C14H21FN2O3/c1-10(8-16-14(2,3)4)9-20-11-5-6-13(17(18)19)12(15)7-11/h5-7,10,16H,8-9H2,1-4H3. The Hall–Kier alpha value is -1.69. The van der Waals surface area contributed by atoms with Crippen LogP contribution in [0.2, 0.25) is 0 Å². The highest BCUT2D eigenvalue weighted by atomic mass is 19.1. The summed E-state index contributed by atoms with van der Waals surface area (Å²) in [6, 6.07) is 3.57. The minimum absolute atomic E-state index is 0.0354. The van der Waals surface area contributed by atoms with Crippen LogP contribution in [0.4, 0.5) is 10.1 Å². The van der Waals surface area contributed by atoms with Gasteiger partial charge in [-0.25, -0.2) is 0 Å². The lowest BCUT2D eigenvalue weighted by Crippen LogP contribution is -2.39. The fourth-order valence-corrected chi connectivity index (χ4v) is 1.50. The van der Waals surface area contributed by atoms with Crippen LogP contribution in [-0.2, 0) is 0 Å². The maximum absolute atomic E-state index is 13.4. The number of nitro benzene ring substituents is 1. The van der Waals surface area contributed by atoms with Gasteiger partial charge in [0.25, 0.3) is 0 Å². The van der Waals surface area contributed by atoms with Crippen LogP contribution in [0, 0.1) is 21.8 Å². The molecule has 0 radical (unpaired) electrons. The van der Waals surface area contributed by atoms with E-state index >= 15 is 0 Å². The van der Waals surface area contributed by atoms with E-state index in [1.807, 2.05) is 6.92 Å². The molecule has 0 aliphatic heterocycles. The summed E-state index contributed by atoms with van der Waals surface area (Å²) in [7, 11) is 0. The number of hydrogen-bond acceptors (Lipinski definition) is 4. The molecule has 5 nitrogen and oxygen atoms in total. The third kappa shape index (κ3) is 5.52. The Labute approximate surface area is 118 Å². The van der Waals surface area contributed by atoms with Crippen molar-refractivity contribution in [2.75, 3.05) is 13.2 Å². The Kier molecular flexibility index (Phi) is 5.44. The highest BCUT2D eigenvalue weighted by Gasteiger charge is 2.15. The molecule has 0 spiro atoms. The van der Waals surface area contributed by atoms with Gasteiger partial charge >= 0.3 is 5.69 Å². The molecule has 0 heterocycles. The van der Waals surface area contributed by atoms with Gasteiger partial charge in [-0.1, -0.05) is 6.92 Å². The van der Waals surface area contributed by atoms with E-state index in [9.17, 15) is 14.5 Å². The van der Waals surface area contributed by atoms with E-state index in [1.54, 1.807) is 0 Å². The van der Waals surface area contributed by atoms with E-state index in [0.717, 1.165) is 18.7 Å². The van der Waals surface area contributed by atoms with E-state index in [0.29, 0.717) is 12.4 Å². The van der Waals surface area contributed by atoms with Crippen molar-refractivity contribution >= 4 is 5.69 Å². The van der Waals surface area contributed by atoms with Gasteiger partial charge < -0.3 is 10.1 Å². The van der Waals surface area contributed by atoms with Crippen LogP contribution < -0.4 is 10.1 Å². The molecule has 20 heavy (non-hydrogen) atoms. The van der Waals surface area contributed by atoms with Crippen molar-refractivity contribution in [2.45, 2.75) is 33.2 Å². The quantitative estimate of drug-likeness (QED) is 0.644. The van der Waals surface area contributed by atoms with Crippen molar-refractivity contribution in [3.8, 4) is 5.75 Å². The van der Waals surface area contributed by atoms with Crippen LogP contribution in [0.3, 0.4) is 0 Å². The normalized spacial score (nSPS) is 13.1. The lowest BCUT2D eigenvalue weighted by molar-refractivity contribution is -0.387. The smallest absolute Gasteiger partial charge is 0.305 e. The van der Waals surface area contributed by atoms with Gasteiger partial charge in [-0.3, -0.25) is 10.1 Å². The van der Waals surface area contributed by atoms with Gasteiger partial charge in [0.05, 0.1) is 11.5 Å². The van der Waals surface area contributed by atoms with E-state index < -0.39 is 16.4 Å². The Morgan fingerprint density at radius 1 is 1.45 bits per heavy atom. The van der Waals surface area contributed by atoms with Crippen molar-refractivity contribution in [3.63, 3.8) is 0 Å². The van der Waals surface area contributed by atoms with Crippen LogP contribution in [0.15, 0.2) is 18.2 Å². The second-order valence-corrected chi connectivity index (χ2v) is 5.92. The molecule has 1 atom stereocenters. The summed E-state index contributed by atoms with van der Waals surface area (Å²) >= 11 is 0. The fraction of sp³-hybridized carbons (Fsp3) is 0.571. The van der Waals surface area contributed by atoms with Crippen LogP contribution in [0.25, 0.3) is 0 Å². The first kappa shape index (κ1) is 16.4. The molecule has 1 aromatic carbocycles. The van der Waals surface area contributed by atoms with Gasteiger partial charge in [0.2, 0.25) is 5.82 Å². The summed E-state index contributed by atoms with van der Waals surface area (Å²) in [5.41, 5.74) is -0.506. The second kappa shape index (κ2) is 6.65. The van der Waals surface area contributed by atoms with Crippen LogP contribution in [0.1, 0.15) is 27.7 Å². The molecule has 0 saturated carbocycles. The molecule has 0 saturated heterocycles. The molecular formula is C14H21FN2O3. The SMILES string of the molecule is CC(CNC(C)(C)C)COc1ccc([N+](=O)[O-])c(F)c1. The number of nitro groups is 1. The van der Waals surface area contributed by atoms with Gasteiger partial charge in [-0.2, -0.15) is 4.39 Å². The molecular weight excluding hydrogens is 263 g/mol. The molecule has 1 N–H and O–H groups in total. The maximum atomic E-state index is 13.4. The van der Waals surface area contributed by atoms with Crippen LogP contribution >= 0.6 is 0 Å². The Morgan fingerprint density at radius 3 is 2.60 bits per heavy atom. The first-order valence-corrected chi connectivity index (χ1v) is 6.51. The van der Waals surface area contributed by atoms with Crippen LogP contribution in [0.5, 0.6) is 5.75 Å². The number of nitrogens with zero attached hydrogens (tertiary/aromatic N) is 1. The average molecular weight is 284 g/mol. The van der Waals surface area contributed by atoms with Gasteiger partial charge in [-0.15, -0.1) is 0 Å². The Bertz CT molecular complexity index is 472. The summed E-state index contributed by atoms with van der Waals surface area (Å²) in [4.78, 5) is 9.74. The van der Waals surface area contributed by atoms with E-state index in [2.05, 4.69) is 26.1 Å². The molecule has 0 aliphatic carbocycles. The molecule has 1 unspecified atom stereocenters. The Morgan fingerprint density at radius 2 is 2.10 bits per heavy atom. The van der Waals surface area contributed by atoms with Crippen molar-refractivity contribution in [2.24, 2.45) is 5.92 Å². The number of nitrogens with one attached hydrogen (secondary N) is 1. The highest BCUT2D eigenvalue weighted by molar-refractivity contribution is 5.37. The van der Waals surface area contributed by atoms with Gasteiger partial charge in [-0.05, 0) is 26.8 Å². The van der Waals surface area contributed by atoms with Gasteiger partial charge in [0.15, 0.2) is 0 Å². The first-order valence-electron chi connectivity index (χ1n) is 6.51. The summed E-state index contributed by atoms with van der Waals surface area (Å²) in [6.45, 7) is 9.44. The van der Waals surface area contributed by atoms with E-state index in [4.69, 9.17) is 4.74 Å². The van der Waals surface area contributed by atoms with Crippen molar-refractivity contribution in [3.05, 3.63) is 34.1 Å². The number of ether oxygens (including phenoxy) is 1. The highest BCUT2D eigenvalue weighted by Crippen LogP contribution is 2.22. The third-order valence-corrected chi connectivity index (χ3v) is 2.63. The zero-order valence-corrected chi connectivity index (χ0v) is 12.3. The summed E-state index contributed by atoms with van der Waals surface area (Å²) < 4.78 is 18.8. The zero-order valence-electron chi connectivity index (χ0n) is 12.3. The fourth-order valence-electron chi connectivity index (χ4n) is 1.50. The molecule has 0 fully saturated rings. The van der Waals surface area contributed by atoms with E-state index in [1.165, 1.54) is 6.07 Å². The molecule has 0 bridgehead atoms. The van der Waals surface area contributed by atoms with Crippen molar-refractivity contribution < 1.29 is 14.1 Å². The monoisotopic (exact) mass is 284 g/mol. The van der Waals surface area contributed by atoms with Crippen molar-refractivity contribution in [1.82, 2.24) is 5.32 Å². The molecule has 1 rings (SSSR count). The Balaban J connectivity index is 2.50. The number of halogens is 1.